The van der Waals surface area contributed by atoms with E-state index < -0.39 is 28.7 Å². The third-order valence-corrected chi connectivity index (χ3v) is 5.30. The third-order valence-electron chi connectivity index (χ3n) is 5.30. The van der Waals surface area contributed by atoms with Crippen molar-refractivity contribution < 1.29 is 13.9 Å². The van der Waals surface area contributed by atoms with Crippen LogP contribution in [0.3, 0.4) is 0 Å². The molecule has 1 atom stereocenters. The maximum atomic E-state index is 13.8. The number of nitrogens with zero attached hydrogens (tertiary/aromatic N) is 3. The van der Waals surface area contributed by atoms with Crippen molar-refractivity contribution in [1.82, 2.24) is 19.7 Å². The van der Waals surface area contributed by atoms with Gasteiger partial charge in [0.25, 0.3) is 11.5 Å². The van der Waals surface area contributed by atoms with Crippen LogP contribution >= 0.6 is 0 Å². The molecule has 9 heteroatoms. The number of amides is 1. The minimum Gasteiger partial charge on any atom is -0.376 e. The Balaban J connectivity index is 1.76. The van der Waals surface area contributed by atoms with Gasteiger partial charge in [-0.2, -0.15) is 9.78 Å². The van der Waals surface area contributed by atoms with E-state index >= 15 is 0 Å². The maximum absolute atomic E-state index is 13.8. The van der Waals surface area contributed by atoms with E-state index in [-0.39, 0.29) is 24.9 Å². The van der Waals surface area contributed by atoms with Crippen LogP contribution in [0, 0.1) is 12.7 Å². The second kappa shape index (κ2) is 9.27. The molecule has 8 nitrogen and oxygen atoms in total. The number of aryl methyl sites for hydroxylation is 1. The van der Waals surface area contributed by atoms with Crippen LogP contribution in [0.1, 0.15) is 34.5 Å². The Morgan fingerprint density at radius 3 is 2.69 bits per heavy atom. The van der Waals surface area contributed by atoms with Crippen LogP contribution in [-0.4, -0.2) is 39.5 Å². The Kier molecular flexibility index (Phi) is 6.27. The molecule has 0 saturated carbocycles. The molecule has 166 valence electrons. The molecule has 1 fully saturated rings. The number of nitrogens with one attached hydrogen (secondary N) is 1. The molecule has 3 aromatic rings. The molecule has 1 saturated heterocycles. The van der Waals surface area contributed by atoms with Crippen molar-refractivity contribution in [2.45, 2.75) is 32.4 Å². The van der Waals surface area contributed by atoms with Crippen molar-refractivity contribution >= 4 is 5.91 Å². The highest BCUT2D eigenvalue weighted by Crippen LogP contribution is 2.11. The molecule has 0 bridgehead atoms. The molecule has 0 aliphatic carbocycles. The molecule has 1 amide bonds. The molecule has 2 aromatic carbocycles. The quantitative estimate of drug-likeness (QED) is 0.633. The largest absolute Gasteiger partial charge is 0.376 e. The van der Waals surface area contributed by atoms with Gasteiger partial charge in [-0.3, -0.25) is 14.2 Å². The van der Waals surface area contributed by atoms with Gasteiger partial charge in [0.2, 0.25) is 5.69 Å². The van der Waals surface area contributed by atoms with Gasteiger partial charge >= 0.3 is 5.69 Å². The van der Waals surface area contributed by atoms with Gasteiger partial charge in [0.1, 0.15) is 5.82 Å². The fourth-order valence-corrected chi connectivity index (χ4v) is 3.54. The molecule has 4 rings (SSSR count). The van der Waals surface area contributed by atoms with Crippen LogP contribution in [0.25, 0.3) is 5.69 Å². The van der Waals surface area contributed by atoms with Gasteiger partial charge in [-0.15, -0.1) is 0 Å². The predicted octanol–water partition coefficient (Wildman–Crippen LogP) is 1.80. The molecule has 1 aromatic heterocycles. The Hall–Kier alpha value is -3.59. The zero-order valence-electron chi connectivity index (χ0n) is 17.6. The monoisotopic (exact) mass is 438 g/mol. The molecule has 32 heavy (non-hydrogen) atoms. The molecule has 1 aliphatic heterocycles. The van der Waals surface area contributed by atoms with Crippen molar-refractivity contribution in [3.63, 3.8) is 0 Å². The summed E-state index contributed by atoms with van der Waals surface area (Å²) in [5.74, 6) is -1.29. The second-order valence-corrected chi connectivity index (χ2v) is 7.74. The van der Waals surface area contributed by atoms with Crippen LogP contribution in [0.15, 0.2) is 58.1 Å². The van der Waals surface area contributed by atoms with Gasteiger partial charge in [0, 0.05) is 13.2 Å². The smallest absolute Gasteiger partial charge is 0.352 e. The van der Waals surface area contributed by atoms with E-state index in [4.69, 9.17) is 4.74 Å². The van der Waals surface area contributed by atoms with E-state index in [0.717, 1.165) is 33.7 Å². The summed E-state index contributed by atoms with van der Waals surface area (Å²) >= 11 is 0. The van der Waals surface area contributed by atoms with Gasteiger partial charge in [-0.1, -0.05) is 35.9 Å². The molecule has 1 N–H and O–H groups in total. The Labute approximate surface area is 183 Å². The molecule has 0 radical (unpaired) electrons. The Morgan fingerprint density at radius 1 is 1.22 bits per heavy atom. The molecular formula is C23H23FN4O4. The van der Waals surface area contributed by atoms with E-state index in [1.54, 1.807) is 12.1 Å². The summed E-state index contributed by atoms with van der Waals surface area (Å²) in [6.07, 6.45) is 1.60. The number of hydrogen-bond donors (Lipinski definition) is 1. The number of ether oxygens (including phenoxy) is 1. The number of rotatable bonds is 6. The van der Waals surface area contributed by atoms with Gasteiger partial charge in [-0.05, 0) is 43.5 Å². The Bertz CT molecular complexity index is 1240. The van der Waals surface area contributed by atoms with E-state index in [0.29, 0.717) is 12.2 Å². The van der Waals surface area contributed by atoms with E-state index in [1.165, 1.54) is 18.2 Å². The highest BCUT2D eigenvalue weighted by Gasteiger charge is 2.22. The van der Waals surface area contributed by atoms with Crippen LogP contribution in [-0.2, 0) is 11.3 Å². The van der Waals surface area contributed by atoms with Gasteiger partial charge in [-0.25, -0.2) is 9.18 Å². The summed E-state index contributed by atoms with van der Waals surface area (Å²) in [5.41, 5.74) is -0.176. The van der Waals surface area contributed by atoms with Crippen molar-refractivity contribution in [3.05, 3.63) is 92.0 Å². The first kappa shape index (κ1) is 21.6. The van der Waals surface area contributed by atoms with Crippen LogP contribution in [0.4, 0.5) is 4.39 Å². The summed E-state index contributed by atoms with van der Waals surface area (Å²) < 4.78 is 21.1. The summed E-state index contributed by atoms with van der Waals surface area (Å²) in [5, 5.41) is 6.66. The number of benzene rings is 2. The second-order valence-electron chi connectivity index (χ2n) is 7.74. The zero-order chi connectivity index (χ0) is 22.7. The lowest BCUT2D eigenvalue weighted by Crippen LogP contribution is -2.46. The molecule has 2 heterocycles. The predicted molar refractivity (Wildman–Crippen MR) is 116 cm³/mol. The molecule has 0 spiro atoms. The summed E-state index contributed by atoms with van der Waals surface area (Å²) in [4.78, 5) is 39.0. The first-order valence-electron chi connectivity index (χ1n) is 10.4. The van der Waals surface area contributed by atoms with E-state index in [2.05, 4.69) is 10.4 Å². The third kappa shape index (κ3) is 4.67. The lowest BCUT2D eigenvalue weighted by atomic mass is 10.1. The lowest BCUT2D eigenvalue weighted by Gasteiger charge is -2.14. The molecule has 1 aliphatic rings. The van der Waals surface area contributed by atoms with Crippen LogP contribution in [0.5, 0.6) is 0 Å². The van der Waals surface area contributed by atoms with Crippen molar-refractivity contribution in [2.75, 3.05) is 13.2 Å². The van der Waals surface area contributed by atoms with Gasteiger partial charge in [0.05, 0.1) is 18.3 Å². The molecular weight excluding hydrogens is 415 g/mol. The highest BCUT2D eigenvalue weighted by molar-refractivity contribution is 5.91. The standard InChI is InChI=1S/C23H23FN4O4/c1-15-7-9-16(10-8-15)14-27-22(30)20(21(29)25-13-19-6-3-11-32-19)26-28(23(27)31)18-5-2-4-17(24)12-18/h2,4-5,7-10,12,19H,3,6,11,13-14H2,1H3,(H,25,29). The normalized spacial score (nSPS) is 15.6. The summed E-state index contributed by atoms with van der Waals surface area (Å²) in [6, 6.07) is 12.6. The van der Waals surface area contributed by atoms with Crippen molar-refractivity contribution in [3.8, 4) is 5.69 Å². The number of carbonyl (C=O) groups excluding carboxylic acids is 1. The van der Waals surface area contributed by atoms with Crippen molar-refractivity contribution in [2.24, 2.45) is 0 Å². The fraction of sp³-hybridized carbons (Fsp3) is 0.304. The SMILES string of the molecule is Cc1ccc(Cn2c(=O)c(C(=O)NCC3CCCO3)nn(-c3cccc(F)c3)c2=O)cc1. The lowest BCUT2D eigenvalue weighted by molar-refractivity contribution is 0.0849. The Morgan fingerprint density at radius 2 is 2.00 bits per heavy atom. The number of carbonyl (C=O) groups is 1. The van der Waals surface area contributed by atoms with E-state index in [9.17, 15) is 18.8 Å². The summed E-state index contributed by atoms with van der Waals surface area (Å²) in [7, 11) is 0. The van der Waals surface area contributed by atoms with Gasteiger partial charge in [0.15, 0.2) is 0 Å². The first-order valence-corrected chi connectivity index (χ1v) is 10.4. The van der Waals surface area contributed by atoms with Crippen LogP contribution < -0.4 is 16.6 Å². The molecule has 1 unspecified atom stereocenters. The van der Waals surface area contributed by atoms with Crippen molar-refractivity contribution in [1.29, 1.82) is 0 Å². The number of hydrogen-bond acceptors (Lipinski definition) is 5. The highest BCUT2D eigenvalue weighted by atomic mass is 19.1. The maximum Gasteiger partial charge on any atom is 0.352 e. The first-order chi connectivity index (χ1) is 15.4. The topological polar surface area (TPSA) is 95.2 Å². The minimum atomic E-state index is -0.812. The minimum absolute atomic E-state index is 0.0538. The fourth-order valence-electron chi connectivity index (χ4n) is 3.54. The number of aromatic nitrogens is 3. The van der Waals surface area contributed by atoms with Crippen LogP contribution in [0.2, 0.25) is 0 Å². The zero-order valence-corrected chi connectivity index (χ0v) is 17.6. The van der Waals surface area contributed by atoms with E-state index in [1.807, 2.05) is 19.1 Å². The number of halogens is 1. The average Bonchev–Trinajstić information content (AvgIpc) is 3.30. The summed E-state index contributed by atoms with van der Waals surface area (Å²) in [6.45, 7) is 2.74. The average molecular weight is 438 g/mol. The van der Waals surface area contributed by atoms with Gasteiger partial charge < -0.3 is 10.1 Å².